The molecular weight excluding hydrogens is 353 g/mol. The van der Waals surface area contributed by atoms with E-state index in [1.54, 1.807) is 17.0 Å². The van der Waals surface area contributed by atoms with Gasteiger partial charge < -0.3 is 15.0 Å². The number of hydrogen-bond acceptors (Lipinski definition) is 4. The molecule has 1 aromatic rings. The zero-order valence-corrected chi connectivity index (χ0v) is 14.9. The largest absolute Gasteiger partial charge is 0.368 e. The third kappa shape index (κ3) is 3.29. The number of likely N-dealkylation sites (tertiary alicyclic amines) is 1. The predicted molar refractivity (Wildman–Crippen MR) is 93.0 cm³/mol. The summed E-state index contributed by atoms with van der Waals surface area (Å²) in [6, 6.07) is 5.29. The van der Waals surface area contributed by atoms with Crippen LogP contribution in [-0.2, 0) is 20.9 Å². The Balaban J connectivity index is 1.41. The summed E-state index contributed by atoms with van der Waals surface area (Å²) in [7, 11) is 0. The molecule has 0 radical (unpaired) electrons. The van der Waals surface area contributed by atoms with Gasteiger partial charge in [0.05, 0.1) is 6.54 Å². The number of imide groups is 1. The zero-order valence-electron chi connectivity index (χ0n) is 14.9. The highest BCUT2D eigenvalue weighted by molar-refractivity contribution is 6.07. The van der Waals surface area contributed by atoms with Gasteiger partial charge in [-0.1, -0.05) is 12.1 Å². The molecule has 8 heteroatoms. The van der Waals surface area contributed by atoms with Crippen molar-refractivity contribution in [3.8, 4) is 0 Å². The number of carbonyl (C=O) groups excluding carboxylic acids is 3. The lowest BCUT2D eigenvalue weighted by molar-refractivity contribution is -0.145. The van der Waals surface area contributed by atoms with E-state index in [0.717, 1.165) is 12.8 Å². The molecule has 3 fully saturated rings. The predicted octanol–water partition coefficient (Wildman–Crippen LogP) is 1.42. The summed E-state index contributed by atoms with van der Waals surface area (Å²) < 4.78 is 18.5. The first-order valence-corrected chi connectivity index (χ1v) is 9.27. The second-order valence-corrected chi connectivity index (χ2v) is 7.36. The Bertz CT molecular complexity index is 753. The van der Waals surface area contributed by atoms with Crippen molar-refractivity contribution in [2.45, 2.75) is 43.9 Å². The zero-order chi connectivity index (χ0) is 19.0. The van der Waals surface area contributed by atoms with Crippen LogP contribution in [0.1, 0.15) is 31.2 Å². The molecule has 3 heterocycles. The minimum Gasteiger partial charge on any atom is -0.368 e. The van der Waals surface area contributed by atoms with Gasteiger partial charge in [-0.2, -0.15) is 0 Å². The van der Waals surface area contributed by atoms with Crippen molar-refractivity contribution in [2.75, 3.05) is 19.7 Å². The standard InChI is InChI=1S/C19H22FN3O4/c20-14-5-3-13(4-6-14)12-23-17(25)19(21-18(23)26)7-9-22(10-8-19)16(24)15-2-1-11-27-15/h3-6,15H,1-2,7-12H2,(H,21,26)/t15-/m0/s1. The number of benzene rings is 1. The quantitative estimate of drug-likeness (QED) is 0.811. The highest BCUT2D eigenvalue weighted by Gasteiger charge is 2.52. The minimum absolute atomic E-state index is 0.0257. The molecule has 4 rings (SSSR count). The third-order valence-corrected chi connectivity index (χ3v) is 5.63. The SMILES string of the molecule is O=C([C@@H]1CCCO1)N1CCC2(CC1)NC(=O)N(Cc1ccc(F)cc1)C2=O. The first-order chi connectivity index (χ1) is 13.0. The number of nitrogens with zero attached hydrogens (tertiary/aromatic N) is 2. The van der Waals surface area contributed by atoms with Crippen molar-refractivity contribution in [1.29, 1.82) is 0 Å². The maximum Gasteiger partial charge on any atom is 0.325 e. The smallest absolute Gasteiger partial charge is 0.325 e. The first-order valence-electron chi connectivity index (χ1n) is 9.27. The molecule has 1 aromatic carbocycles. The van der Waals surface area contributed by atoms with Crippen LogP contribution in [0, 0.1) is 5.82 Å². The third-order valence-electron chi connectivity index (χ3n) is 5.63. The van der Waals surface area contributed by atoms with Crippen LogP contribution in [0.4, 0.5) is 9.18 Å². The number of rotatable bonds is 3. The van der Waals surface area contributed by atoms with E-state index in [1.807, 2.05) is 0 Å². The Morgan fingerprint density at radius 2 is 1.93 bits per heavy atom. The highest BCUT2D eigenvalue weighted by atomic mass is 19.1. The summed E-state index contributed by atoms with van der Waals surface area (Å²) in [6.07, 6.45) is 2.03. The molecule has 3 saturated heterocycles. The molecule has 0 saturated carbocycles. The summed E-state index contributed by atoms with van der Waals surface area (Å²) in [5.74, 6) is -0.668. The minimum atomic E-state index is -0.954. The number of hydrogen-bond donors (Lipinski definition) is 1. The molecule has 0 bridgehead atoms. The molecule has 7 nitrogen and oxygen atoms in total. The lowest BCUT2D eigenvalue weighted by atomic mass is 9.87. The van der Waals surface area contributed by atoms with Crippen molar-refractivity contribution in [2.24, 2.45) is 0 Å². The Kier molecular flexibility index (Phi) is 4.59. The molecule has 3 aliphatic heterocycles. The molecule has 0 aliphatic carbocycles. The lowest BCUT2D eigenvalue weighted by Gasteiger charge is -2.38. The van der Waals surface area contributed by atoms with Crippen LogP contribution in [0.25, 0.3) is 0 Å². The van der Waals surface area contributed by atoms with Crippen LogP contribution in [-0.4, -0.2) is 59.0 Å². The van der Waals surface area contributed by atoms with Crippen LogP contribution in [0.3, 0.4) is 0 Å². The van der Waals surface area contributed by atoms with Gasteiger partial charge in [0.1, 0.15) is 17.5 Å². The normalized spacial score (nSPS) is 24.6. The van der Waals surface area contributed by atoms with Crippen LogP contribution in [0.2, 0.25) is 0 Å². The lowest BCUT2D eigenvalue weighted by Crippen LogP contribution is -2.57. The maximum absolute atomic E-state index is 13.1. The molecule has 1 atom stereocenters. The van der Waals surface area contributed by atoms with Gasteiger partial charge in [0, 0.05) is 19.7 Å². The van der Waals surface area contributed by atoms with Gasteiger partial charge >= 0.3 is 6.03 Å². The van der Waals surface area contributed by atoms with Gasteiger partial charge in [0.25, 0.3) is 11.8 Å². The maximum atomic E-state index is 13.1. The number of nitrogens with one attached hydrogen (secondary N) is 1. The summed E-state index contributed by atoms with van der Waals surface area (Å²) in [5.41, 5.74) is -0.271. The number of amides is 4. The van der Waals surface area contributed by atoms with E-state index in [2.05, 4.69) is 5.32 Å². The summed E-state index contributed by atoms with van der Waals surface area (Å²) >= 11 is 0. The van der Waals surface area contributed by atoms with Crippen LogP contribution >= 0.6 is 0 Å². The van der Waals surface area contributed by atoms with Crippen LogP contribution < -0.4 is 5.32 Å². The molecule has 3 aliphatic rings. The molecule has 4 amide bonds. The van der Waals surface area contributed by atoms with Gasteiger partial charge in [-0.05, 0) is 43.4 Å². The molecule has 27 heavy (non-hydrogen) atoms. The molecule has 0 unspecified atom stereocenters. The van der Waals surface area contributed by atoms with E-state index in [4.69, 9.17) is 4.74 Å². The van der Waals surface area contributed by atoms with E-state index in [0.29, 0.717) is 38.1 Å². The van der Waals surface area contributed by atoms with Gasteiger partial charge in [-0.3, -0.25) is 14.5 Å². The Morgan fingerprint density at radius 1 is 1.22 bits per heavy atom. The first kappa shape index (κ1) is 17.9. The van der Waals surface area contributed by atoms with Crippen molar-refractivity contribution in [3.05, 3.63) is 35.6 Å². The number of halogens is 1. The average molecular weight is 375 g/mol. The van der Waals surface area contributed by atoms with Crippen molar-refractivity contribution >= 4 is 17.8 Å². The van der Waals surface area contributed by atoms with Gasteiger partial charge in [0.2, 0.25) is 0 Å². The molecule has 1 spiro atoms. The van der Waals surface area contributed by atoms with Gasteiger partial charge in [-0.15, -0.1) is 0 Å². The fraction of sp³-hybridized carbons (Fsp3) is 0.526. The Labute approximate surface area is 156 Å². The Hall–Kier alpha value is -2.48. The topological polar surface area (TPSA) is 79.0 Å². The fourth-order valence-corrected chi connectivity index (χ4v) is 4.02. The highest BCUT2D eigenvalue weighted by Crippen LogP contribution is 2.31. The molecule has 0 aromatic heterocycles. The summed E-state index contributed by atoms with van der Waals surface area (Å²) in [4.78, 5) is 40.7. The second kappa shape index (κ2) is 6.92. The van der Waals surface area contributed by atoms with E-state index >= 15 is 0 Å². The van der Waals surface area contributed by atoms with E-state index in [1.165, 1.54) is 17.0 Å². The van der Waals surface area contributed by atoms with Crippen LogP contribution in [0.5, 0.6) is 0 Å². The van der Waals surface area contributed by atoms with E-state index in [-0.39, 0.29) is 30.3 Å². The van der Waals surface area contributed by atoms with Crippen LogP contribution in [0.15, 0.2) is 24.3 Å². The molecule has 144 valence electrons. The number of piperidine rings is 1. The van der Waals surface area contributed by atoms with Gasteiger partial charge in [-0.25, -0.2) is 9.18 Å². The second-order valence-electron chi connectivity index (χ2n) is 7.36. The van der Waals surface area contributed by atoms with Crippen molar-refractivity contribution < 1.29 is 23.5 Å². The monoisotopic (exact) mass is 375 g/mol. The molecule has 1 N–H and O–H groups in total. The Morgan fingerprint density at radius 3 is 2.56 bits per heavy atom. The fourth-order valence-electron chi connectivity index (χ4n) is 4.02. The van der Waals surface area contributed by atoms with E-state index in [9.17, 15) is 18.8 Å². The number of ether oxygens (including phenoxy) is 1. The summed E-state index contributed by atoms with van der Waals surface area (Å²) in [5, 5.41) is 2.82. The van der Waals surface area contributed by atoms with Crippen molar-refractivity contribution in [1.82, 2.24) is 15.1 Å². The number of carbonyl (C=O) groups is 3. The molecular formula is C19H22FN3O4. The van der Waals surface area contributed by atoms with E-state index < -0.39 is 11.6 Å². The number of urea groups is 1. The average Bonchev–Trinajstić information content (AvgIpc) is 3.28. The summed E-state index contributed by atoms with van der Waals surface area (Å²) in [6.45, 7) is 1.54. The van der Waals surface area contributed by atoms with Gasteiger partial charge in [0.15, 0.2) is 0 Å². The van der Waals surface area contributed by atoms with Crippen molar-refractivity contribution in [3.63, 3.8) is 0 Å².